The van der Waals surface area contributed by atoms with Crippen LogP contribution in [0.3, 0.4) is 0 Å². The number of hydrogen-bond donors (Lipinski definition) is 0. The molecule has 0 unspecified atom stereocenters. The van der Waals surface area contributed by atoms with Gasteiger partial charge in [-0.1, -0.05) is 6.92 Å². The van der Waals surface area contributed by atoms with Crippen LogP contribution in [0.1, 0.15) is 19.0 Å². The molecule has 1 aromatic carbocycles. The Balaban J connectivity index is 1.52. The summed E-state index contributed by atoms with van der Waals surface area (Å²) in [6.45, 7) is 6.78. The standard InChI is InChI=1S/C18H22FN3OS/c1-2-21-9-11-22(12-10-21)17(23)8-7-16-13-24-18(20-16)14-3-5-15(19)6-4-14/h3-6,13H,2,7-12H2,1H3. The zero-order valence-corrected chi connectivity index (χ0v) is 14.7. The van der Waals surface area contributed by atoms with Crippen LogP contribution in [0.4, 0.5) is 4.39 Å². The molecule has 1 saturated heterocycles. The zero-order valence-electron chi connectivity index (χ0n) is 13.9. The molecule has 2 heterocycles. The SMILES string of the molecule is CCN1CCN(C(=O)CCc2csc(-c3ccc(F)cc3)n2)CC1. The average molecular weight is 347 g/mol. The summed E-state index contributed by atoms with van der Waals surface area (Å²) < 4.78 is 13.0. The topological polar surface area (TPSA) is 36.4 Å². The predicted octanol–water partition coefficient (Wildman–Crippen LogP) is 3.05. The normalized spacial score (nSPS) is 15.7. The minimum atomic E-state index is -0.246. The molecule has 1 aliphatic rings. The Morgan fingerprint density at radius 2 is 1.92 bits per heavy atom. The lowest BCUT2D eigenvalue weighted by Gasteiger charge is -2.34. The van der Waals surface area contributed by atoms with Crippen molar-refractivity contribution in [3.05, 3.63) is 41.2 Å². The van der Waals surface area contributed by atoms with Crippen molar-refractivity contribution in [1.82, 2.24) is 14.8 Å². The summed E-state index contributed by atoms with van der Waals surface area (Å²) in [6.07, 6.45) is 1.16. The summed E-state index contributed by atoms with van der Waals surface area (Å²) in [5.74, 6) is -0.0358. The van der Waals surface area contributed by atoms with E-state index in [9.17, 15) is 9.18 Å². The molecule has 0 spiro atoms. The summed E-state index contributed by atoms with van der Waals surface area (Å²) in [7, 11) is 0. The van der Waals surface area contributed by atoms with Gasteiger partial charge in [0.15, 0.2) is 0 Å². The first-order chi connectivity index (χ1) is 11.7. The second-order valence-electron chi connectivity index (χ2n) is 5.97. The molecule has 2 aromatic rings. The first kappa shape index (κ1) is 17.0. The molecule has 0 bridgehead atoms. The van der Waals surface area contributed by atoms with E-state index in [0.717, 1.165) is 49.0 Å². The third kappa shape index (κ3) is 4.19. The van der Waals surface area contributed by atoms with Crippen LogP contribution < -0.4 is 0 Å². The third-order valence-corrected chi connectivity index (χ3v) is 5.35. The van der Waals surface area contributed by atoms with E-state index in [1.54, 1.807) is 12.1 Å². The Hall–Kier alpha value is -1.79. The highest BCUT2D eigenvalue weighted by atomic mass is 32.1. The zero-order chi connectivity index (χ0) is 16.9. The maximum absolute atomic E-state index is 13.0. The first-order valence-corrected chi connectivity index (χ1v) is 9.24. The van der Waals surface area contributed by atoms with E-state index >= 15 is 0 Å². The molecule has 128 valence electrons. The van der Waals surface area contributed by atoms with E-state index < -0.39 is 0 Å². The van der Waals surface area contributed by atoms with Crippen LogP contribution in [0, 0.1) is 5.82 Å². The Morgan fingerprint density at radius 3 is 2.58 bits per heavy atom. The number of rotatable bonds is 5. The Kier molecular flexibility index (Phi) is 5.58. The van der Waals surface area contributed by atoms with Gasteiger partial charge < -0.3 is 9.80 Å². The van der Waals surface area contributed by atoms with Crippen LogP contribution in [0.15, 0.2) is 29.6 Å². The lowest BCUT2D eigenvalue weighted by Crippen LogP contribution is -2.48. The monoisotopic (exact) mass is 347 g/mol. The van der Waals surface area contributed by atoms with Crippen LogP contribution in [0.25, 0.3) is 10.6 Å². The summed E-state index contributed by atoms with van der Waals surface area (Å²) in [4.78, 5) is 21.2. The van der Waals surface area contributed by atoms with Crippen molar-refractivity contribution in [3.63, 3.8) is 0 Å². The number of piperazine rings is 1. The first-order valence-electron chi connectivity index (χ1n) is 8.36. The fourth-order valence-electron chi connectivity index (χ4n) is 2.85. The van der Waals surface area contributed by atoms with Crippen molar-refractivity contribution in [1.29, 1.82) is 0 Å². The predicted molar refractivity (Wildman–Crippen MR) is 94.5 cm³/mol. The molecular formula is C18H22FN3OS. The van der Waals surface area contributed by atoms with Gasteiger partial charge in [0.05, 0.1) is 5.69 Å². The second-order valence-corrected chi connectivity index (χ2v) is 6.82. The average Bonchev–Trinajstić information content (AvgIpc) is 3.09. The summed E-state index contributed by atoms with van der Waals surface area (Å²) in [6, 6.07) is 6.35. The Labute approximate surface area is 145 Å². The van der Waals surface area contributed by atoms with Gasteiger partial charge in [0.2, 0.25) is 5.91 Å². The summed E-state index contributed by atoms with van der Waals surface area (Å²) in [5.41, 5.74) is 1.84. The number of carbonyl (C=O) groups excluding carboxylic acids is 1. The molecule has 0 radical (unpaired) electrons. The van der Waals surface area contributed by atoms with Crippen LogP contribution in [0.5, 0.6) is 0 Å². The Morgan fingerprint density at radius 1 is 1.21 bits per heavy atom. The number of hydrogen-bond acceptors (Lipinski definition) is 4. The van der Waals surface area contributed by atoms with Crippen molar-refractivity contribution in [2.24, 2.45) is 0 Å². The number of thiazole rings is 1. The van der Waals surface area contributed by atoms with Crippen molar-refractivity contribution in [2.45, 2.75) is 19.8 Å². The van der Waals surface area contributed by atoms with Gasteiger partial charge in [-0.2, -0.15) is 0 Å². The highest BCUT2D eigenvalue weighted by molar-refractivity contribution is 7.13. The number of halogens is 1. The molecule has 1 aromatic heterocycles. The summed E-state index contributed by atoms with van der Waals surface area (Å²) in [5, 5.41) is 2.86. The van der Waals surface area contributed by atoms with Gasteiger partial charge in [0.25, 0.3) is 0 Å². The van der Waals surface area contributed by atoms with Gasteiger partial charge in [0.1, 0.15) is 10.8 Å². The van der Waals surface area contributed by atoms with Gasteiger partial charge in [-0.05, 0) is 37.2 Å². The summed E-state index contributed by atoms with van der Waals surface area (Å²) >= 11 is 1.53. The minimum absolute atomic E-state index is 0.210. The number of aromatic nitrogens is 1. The fraction of sp³-hybridized carbons (Fsp3) is 0.444. The number of amides is 1. The molecule has 0 atom stereocenters. The van der Waals surface area contributed by atoms with E-state index in [-0.39, 0.29) is 11.7 Å². The van der Waals surface area contributed by atoms with Crippen molar-refractivity contribution < 1.29 is 9.18 Å². The van der Waals surface area contributed by atoms with E-state index in [1.165, 1.54) is 23.5 Å². The molecule has 24 heavy (non-hydrogen) atoms. The van der Waals surface area contributed by atoms with Crippen molar-refractivity contribution in [3.8, 4) is 10.6 Å². The van der Waals surface area contributed by atoms with Gasteiger partial charge in [0, 0.05) is 43.5 Å². The molecule has 4 nitrogen and oxygen atoms in total. The second kappa shape index (κ2) is 7.85. The van der Waals surface area contributed by atoms with Crippen LogP contribution in [-0.4, -0.2) is 53.4 Å². The molecule has 0 aliphatic carbocycles. The maximum atomic E-state index is 13.0. The van der Waals surface area contributed by atoms with Gasteiger partial charge in [-0.25, -0.2) is 9.37 Å². The number of nitrogens with zero attached hydrogens (tertiary/aromatic N) is 3. The quantitative estimate of drug-likeness (QED) is 0.834. The Bertz CT molecular complexity index is 678. The van der Waals surface area contributed by atoms with Crippen molar-refractivity contribution >= 4 is 17.2 Å². The molecular weight excluding hydrogens is 325 g/mol. The third-order valence-electron chi connectivity index (χ3n) is 4.41. The molecule has 6 heteroatoms. The molecule has 0 N–H and O–H groups in total. The van der Waals surface area contributed by atoms with Gasteiger partial charge in [-0.15, -0.1) is 11.3 Å². The number of likely N-dealkylation sites (N-methyl/N-ethyl adjacent to an activating group) is 1. The molecule has 3 rings (SSSR count). The molecule has 1 fully saturated rings. The van der Waals surface area contributed by atoms with E-state index in [2.05, 4.69) is 16.8 Å². The highest BCUT2D eigenvalue weighted by Crippen LogP contribution is 2.24. The van der Waals surface area contributed by atoms with Gasteiger partial charge in [-0.3, -0.25) is 4.79 Å². The van der Waals surface area contributed by atoms with Crippen molar-refractivity contribution in [2.75, 3.05) is 32.7 Å². The minimum Gasteiger partial charge on any atom is -0.340 e. The molecule has 1 amide bonds. The van der Waals surface area contributed by atoms with E-state index in [4.69, 9.17) is 0 Å². The largest absolute Gasteiger partial charge is 0.340 e. The van der Waals surface area contributed by atoms with E-state index in [0.29, 0.717) is 12.8 Å². The fourth-order valence-corrected chi connectivity index (χ4v) is 3.71. The van der Waals surface area contributed by atoms with Crippen LogP contribution in [0.2, 0.25) is 0 Å². The smallest absolute Gasteiger partial charge is 0.223 e. The van der Waals surface area contributed by atoms with Crippen LogP contribution >= 0.6 is 11.3 Å². The van der Waals surface area contributed by atoms with E-state index in [1.807, 2.05) is 10.3 Å². The molecule has 0 saturated carbocycles. The highest BCUT2D eigenvalue weighted by Gasteiger charge is 2.20. The molecule has 1 aliphatic heterocycles. The maximum Gasteiger partial charge on any atom is 0.223 e. The van der Waals surface area contributed by atoms with Gasteiger partial charge >= 0.3 is 0 Å². The lowest BCUT2D eigenvalue weighted by atomic mass is 10.2. The lowest BCUT2D eigenvalue weighted by molar-refractivity contribution is -0.132. The number of benzene rings is 1. The number of carbonyl (C=O) groups is 1. The van der Waals surface area contributed by atoms with Crippen LogP contribution in [-0.2, 0) is 11.2 Å². The number of aryl methyl sites for hydroxylation is 1.